The molecule has 3 N–H and O–H groups in total. The van der Waals surface area contributed by atoms with Crippen LogP contribution in [0.25, 0.3) is 0 Å². The average molecular weight is 268 g/mol. The predicted molar refractivity (Wildman–Crippen MR) is 74.8 cm³/mol. The van der Waals surface area contributed by atoms with E-state index in [0.29, 0.717) is 17.2 Å². The van der Waals surface area contributed by atoms with Gasteiger partial charge in [-0.15, -0.1) is 0 Å². The Morgan fingerprint density at radius 3 is 2.90 bits per heavy atom. The largest absolute Gasteiger partial charge is 0.508 e. The molecule has 20 heavy (non-hydrogen) atoms. The molecule has 0 saturated carbocycles. The second kappa shape index (κ2) is 4.93. The summed E-state index contributed by atoms with van der Waals surface area (Å²) in [5.41, 5.74) is 7.33. The summed E-state index contributed by atoms with van der Waals surface area (Å²) in [6, 6.07) is 7.22. The summed E-state index contributed by atoms with van der Waals surface area (Å²) in [4.78, 5) is 0. The Kier molecular flexibility index (Phi) is 3.11. The molecule has 1 aromatic rings. The normalized spacial score (nSPS) is 24.8. The van der Waals surface area contributed by atoms with Crippen LogP contribution < -0.4 is 10.5 Å². The Hall–Kier alpha value is -2.41. The van der Waals surface area contributed by atoms with Crippen LogP contribution in [-0.2, 0) is 0 Å². The van der Waals surface area contributed by atoms with Crippen molar-refractivity contribution in [2.45, 2.75) is 25.2 Å². The molecule has 0 fully saturated rings. The van der Waals surface area contributed by atoms with E-state index in [4.69, 9.17) is 10.5 Å². The molecule has 102 valence electrons. The maximum Gasteiger partial charge on any atom is 0.205 e. The zero-order chi connectivity index (χ0) is 14.1. The molecule has 0 bridgehead atoms. The van der Waals surface area contributed by atoms with Gasteiger partial charge >= 0.3 is 0 Å². The lowest BCUT2D eigenvalue weighted by Gasteiger charge is -2.32. The number of nitrogens with zero attached hydrogens (tertiary/aromatic N) is 1. The van der Waals surface area contributed by atoms with Gasteiger partial charge in [0.05, 0.1) is 5.57 Å². The molecule has 2 aliphatic rings. The van der Waals surface area contributed by atoms with Gasteiger partial charge in [-0.3, -0.25) is 0 Å². The molecule has 1 aromatic carbocycles. The van der Waals surface area contributed by atoms with Crippen molar-refractivity contribution in [3.05, 3.63) is 47.4 Å². The van der Waals surface area contributed by atoms with Crippen molar-refractivity contribution in [3.63, 3.8) is 0 Å². The van der Waals surface area contributed by atoms with Gasteiger partial charge in [0.2, 0.25) is 5.88 Å². The molecule has 1 heterocycles. The Morgan fingerprint density at radius 2 is 2.20 bits per heavy atom. The number of phenolic OH excluding ortho intramolecular Hbond substituents is 1. The fourth-order valence-corrected chi connectivity index (χ4v) is 3.08. The first kappa shape index (κ1) is 12.6. The van der Waals surface area contributed by atoms with E-state index < -0.39 is 0 Å². The van der Waals surface area contributed by atoms with E-state index in [1.807, 2.05) is 6.07 Å². The van der Waals surface area contributed by atoms with Crippen LogP contribution in [0.4, 0.5) is 0 Å². The maximum absolute atomic E-state index is 9.58. The average Bonchev–Trinajstić information content (AvgIpc) is 2.46. The molecule has 1 aliphatic heterocycles. The molecule has 0 spiro atoms. The Balaban J connectivity index is 2.09. The number of rotatable bonds is 1. The molecular formula is C16H16N2O2. The first-order chi connectivity index (χ1) is 9.70. The van der Waals surface area contributed by atoms with Crippen molar-refractivity contribution in [3.8, 4) is 17.6 Å². The van der Waals surface area contributed by atoms with Crippen molar-refractivity contribution < 1.29 is 9.84 Å². The van der Waals surface area contributed by atoms with E-state index in [2.05, 4.69) is 18.2 Å². The van der Waals surface area contributed by atoms with Gasteiger partial charge in [0.25, 0.3) is 0 Å². The number of hydrogen-bond acceptors (Lipinski definition) is 4. The van der Waals surface area contributed by atoms with E-state index in [1.165, 1.54) is 0 Å². The van der Waals surface area contributed by atoms with E-state index in [1.54, 1.807) is 12.1 Å². The topological polar surface area (TPSA) is 79.3 Å². The molecule has 4 nitrogen and oxygen atoms in total. The summed E-state index contributed by atoms with van der Waals surface area (Å²) in [5, 5.41) is 19.0. The Morgan fingerprint density at radius 1 is 1.35 bits per heavy atom. The third-order valence-electron chi connectivity index (χ3n) is 4.03. The summed E-state index contributed by atoms with van der Waals surface area (Å²) in [7, 11) is 0. The number of aromatic hydroxyl groups is 1. The smallest absolute Gasteiger partial charge is 0.205 e. The molecule has 2 atom stereocenters. The summed E-state index contributed by atoms with van der Waals surface area (Å²) in [5.74, 6) is 1.15. The molecule has 0 aromatic heterocycles. The summed E-state index contributed by atoms with van der Waals surface area (Å²) in [6.45, 7) is 0. The maximum atomic E-state index is 9.58. The van der Waals surface area contributed by atoms with Gasteiger partial charge in [-0.2, -0.15) is 5.26 Å². The van der Waals surface area contributed by atoms with Crippen LogP contribution in [0, 0.1) is 17.2 Å². The Labute approximate surface area is 117 Å². The predicted octanol–water partition coefficient (Wildman–Crippen LogP) is 2.92. The number of benzene rings is 1. The van der Waals surface area contributed by atoms with Crippen molar-refractivity contribution in [1.29, 1.82) is 5.26 Å². The fourth-order valence-electron chi connectivity index (χ4n) is 3.08. The van der Waals surface area contributed by atoms with Gasteiger partial charge in [-0.05, 0) is 31.2 Å². The lowest BCUT2D eigenvalue weighted by atomic mass is 9.74. The number of nitrogens with two attached hydrogens (primary N) is 1. The number of ether oxygens (including phenoxy) is 1. The number of fused-ring (bicyclic) bond motifs is 1. The van der Waals surface area contributed by atoms with Crippen molar-refractivity contribution in [2.75, 3.05) is 0 Å². The van der Waals surface area contributed by atoms with Crippen molar-refractivity contribution in [1.82, 2.24) is 0 Å². The molecule has 0 unspecified atom stereocenters. The summed E-state index contributed by atoms with van der Waals surface area (Å²) in [6.07, 6.45) is 7.32. The number of phenols is 1. The van der Waals surface area contributed by atoms with Crippen LogP contribution in [-0.4, -0.2) is 5.11 Å². The van der Waals surface area contributed by atoms with Crippen LogP contribution in [0.5, 0.6) is 11.5 Å². The number of allylic oxidation sites excluding steroid dienone is 3. The monoisotopic (exact) mass is 268 g/mol. The van der Waals surface area contributed by atoms with Crippen LogP contribution in [0.2, 0.25) is 0 Å². The minimum absolute atomic E-state index is 0.0469. The lowest BCUT2D eigenvalue weighted by molar-refractivity contribution is 0.345. The fraction of sp³-hybridized carbons (Fsp3) is 0.312. The van der Waals surface area contributed by atoms with E-state index in [0.717, 1.165) is 24.8 Å². The standard InChI is InChI=1S/C16H16N2O2/c17-9-13-15(10-4-2-1-3-5-10)12-7-6-11(19)8-14(12)20-16(13)18/h1-2,6-8,10,15,19H,3-5,18H2/t10-,15-/m0/s1. The Bertz CT molecular complexity index is 640. The van der Waals surface area contributed by atoms with Crippen LogP contribution in [0.15, 0.2) is 41.8 Å². The summed E-state index contributed by atoms with van der Waals surface area (Å²) >= 11 is 0. The third kappa shape index (κ3) is 2.01. The first-order valence-electron chi connectivity index (χ1n) is 6.76. The second-order valence-corrected chi connectivity index (χ2v) is 5.24. The van der Waals surface area contributed by atoms with Gasteiger partial charge in [0, 0.05) is 17.5 Å². The minimum atomic E-state index is -0.0469. The first-order valence-corrected chi connectivity index (χ1v) is 6.76. The van der Waals surface area contributed by atoms with Gasteiger partial charge < -0.3 is 15.6 Å². The highest BCUT2D eigenvalue weighted by Crippen LogP contribution is 2.46. The zero-order valence-corrected chi connectivity index (χ0v) is 11.0. The second-order valence-electron chi connectivity index (χ2n) is 5.24. The van der Waals surface area contributed by atoms with Gasteiger partial charge in [-0.1, -0.05) is 18.2 Å². The SMILES string of the molecule is N#CC1=C(N)Oc2cc(O)ccc2[C@@H]1[C@H]1CC=CCC1. The van der Waals surface area contributed by atoms with Gasteiger partial charge in [0.15, 0.2) is 0 Å². The van der Waals surface area contributed by atoms with Crippen molar-refractivity contribution >= 4 is 0 Å². The number of hydrogen-bond donors (Lipinski definition) is 2. The number of nitriles is 1. The highest BCUT2D eigenvalue weighted by molar-refractivity contribution is 5.52. The van der Waals surface area contributed by atoms with Gasteiger partial charge in [-0.25, -0.2) is 0 Å². The highest BCUT2D eigenvalue weighted by Gasteiger charge is 2.35. The van der Waals surface area contributed by atoms with E-state index in [-0.39, 0.29) is 17.6 Å². The molecular weight excluding hydrogens is 252 g/mol. The molecule has 0 radical (unpaired) electrons. The lowest BCUT2D eigenvalue weighted by Crippen LogP contribution is -2.25. The van der Waals surface area contributed by atoms with E-state index in [9.17, 15) is 10.4 Å². The molecule has 3 rings (SSSR count). The van der Waals surface area contributed by atoms with Crippen LogP contribution >= 0.6 is 0 Å². The molecule has 1 aliphatic carbocycles. The van der Waals surface area contributed by atoms with Gasteiger partial charge in [0.1, 0.15) is 17.6 Å². The molecule has 0 amide bonds. The zero-order valence-electron chi connectivity index (χ0n) is 11.0. The third-order valence-corrected chi connectivity index (χ3v) is 4.03. The van der Waals surface area contributed by atoms with Crippen LogP contribution in [0.3, 0.4) is 0 Å². The highest BCUT2D eigenvalue weighted by atomic mass is 16.5. The van der Waals surface area contributed by atoms with Crippen molar-refractivity contribution in [2.24, 2.45) is 11.7 Å². The minimum Gasteiger partial charge on any atom is -0.508 e. The van der Waals surface area contributed by atoms with Crippen LogP contribution in [0.1, 0.15) is 30.7 Å². The quantitative estimate of drug-likeness (QED) is 0.767. The summed E-state index contributed by atoms with van der Waals surface area (Å²) < 4.78 is 5.49. The van der Waals surface area contributed by atoms with E-state index >= 15 is 0 Å². The molecule has 4 heteroatoms. The molecule has 0 saturated heterocycles.